The molecule has 1 fully saturated rings. The summed E-state index contributed by atoms with van der Waals surface area (Å²) >= 11 is 0. The van der Waals surface area contributed by atoms with Gasteiger partial charge in [0, 0.05) is 18.9 Å². The smallest absolute Gasteiger partial charge is 0.150 e. The van der Waals surface area contributed by atoms with Crippen molar-refractivity contribution >= 4 is 0 Å². The number of hydrogen-bond acceptors (Lipinski definition) is 3. The highest BCUT2D eigenvalue weighted by molar-refractivity contribution is 4.99. The molecule has 0 amide bonds. The molecule has 102 valence electrons. The first kappa shape index (κ1) is 13.5. The summed E-state index contributed by atoms with van der Waals surface area (Å²) in [5.41, 5.74) is 0. The van der Waals surface area contributed by atoms with E-state index in [0.717, 1.165) is 31.0 Å². The zero-order chi connectivity index (χ0) is 13.0. The van der Waals surface area contributed by atoms with Gasteiger partial charge in [0.15, 0.2) is 5.82 Å². The zero-order valence-electron chi connectivity index (χ0n) is 11.9. The van der Waals surface area contributed by atoms with Crippen LogP contribution in [0.5, 0.6) is 0 Å². The molecule has 0 bridgehead atoms. The topological polar surface area (TPSA) is 42.7 Å². The number of hydrogen-bond donors (Lipinski definition) is 1. The lowest BCUT2D eigenvalue weighted by atomic mass is 10.1. The van der Waals surface area contributed by atoms with E-state index in [1.54, 1.807) is 0 Å². The maximum atomic E-state index is 4.71. The minimum Gasteiger partial charge on any atom is -0.312 e. The van der Waals surface area contributed by atoms with Crippen molar-refractivity contribution in [3.05, 3.63) is 11.6 Å². The molecule has 1 aromatic rings. The van der Waals surface area contributed by atoms with Crippen LogP contribution in [0.4, 0.5) is 0 Å². The second-order valence-corrected chi connectivity index (χ2v) is 5.15. The lowest BCUT2D eigenvalue weighted by Gasteiger charge is -2.22. The van der Waals surface area contributed by atoms with Crippen LogP contribution in [0, 0.1) is 0 Å². The molecule has 1 N–H and O–H groups in total. The van der Waals surface area contributed by atoms with Gasteiger partial charge in [0.2, 0.25) is 0 Å². The lowest BCUT2D eigenvalue weighted by molar-refractivity contribution is 0.356. The van der Waals surface area contributed by atoms with E-state index in [1.165, 1.54) is 25.7 Å². The van der Waals surface area contributed by atoms with Crippen molar-refractivity contribution in [1.29, 1.82) is 0 Å². The number of nitrogens with one attached hydrogen (secondary N) is 1. The van der Waals surface area contributed by atoms with Gasteiger partial charge in [-0.05, 0) is 32.2 Å². The summed E-state index contributed by atoms with van der Waals surface area (Å²) in [6, 6.07) is 1.10. The predicted molar refractivity (Wildman–Crippen MR) is 73.7 cm³/mol. The number of nitrogens with zero attached hydrogens (tertiary/aromatic N) is 3. The standard InChI is InChI=1S/C14H26N4/c1-4-10-15-11-8-7-9-12(11)18-14(6-3)16-13(5-2)17-18/h11-12,15H,4-10H2,1-3H3. The van der Waals surface area contributed by atoms with Gasteiger partial charge in [0.25, 0.3) is 0 Å². The second-order valence-electron chi connectivity index (χ2n) is 5.15. The van der Waals surface area contributed by atoms with E-state index in [2.05, 4.69) is 35.8 Å². The fourth-order valence-electron chi connectivity index (χ4n) is 2.86. The summed E-state index contributed by atoms with van der Waals surface area (Å²) in [6.07, 6.45) is 6.91. The highest BCUT2D eigenvalue weighted by Crippen LogP contribution is 2.30. The molecular formula is C14H26N4. The van der Waals surface area contributed by atoms with E-state index in [0.29, 0.717) is 12.1 Å². The molecular weight excluding hydrogens is 224 g/mol. The minimum atomic E-state index is 0.513. The molecule has 0 spiro atoms. The van der Waals surface area contributed by atoms with Gasteiger partial charge in [-0.25, -0.2) is 9.67 Å². The highest BCUT2D eigenvalue weighted by Gasteiger charge is 2.30. The quantitative estimate of drug-likeness (QED) is 0.843. The maximum absolute atomic E-state index is 4.71. The van der Waals surface area contributed by atoms with Crippen molar-refractivity contribution in [3.63, 3.8) is 0 Å². The van der Waals surface area contributed by atoms with Crippen molar-refractivity contribution < 1.29 is 0 Å². The molecule has 0 radical (unpaired) electrons. The molecule has 1 aliphatic carbocycles. The summed E-state index contributed by atoms with van der Waals surface area (Å²) in [5.74, 6) is 2.15. The van der Waals surface area contributed by atoms with Crippen LogP contribution in [0.25, 0.3) is 0 Å². The van der Waals surface area contributed by atoms with E-state index >= 15 is 0 Å². The molecule has 0 aliphatic heterocycles. The van der Waals surface area contributed by atoms with Crippen LogP contribution >= 0.6 is 0 Å². The first-order valence-corrected chi connectivity index (χ1v) is 7.47. The van der Waals surface area contributed by atoms with Crippen LogP contribution in [0.3, 0.4) is 0 Å². The van der Waals surface area contributed by atoms with Crippen molar-refractivity contribution in [2.75, 3.05) is 6.54 Å². The Morgan fingerprint density at radius 3 is 2.72 bits per heavy atom. The third kappa shape index (κ3) is 2.74. The Bertz CT molecular complexity index is 372. The van der Waals surface area contributed by atoms with Crippen LogP contribution in [-0.4, -0.2) is 27.4 Å². The average Bonchev–Trinajstić information content (AvgIpc) is 3.01. The lowest BCUT2D eigenvalue weighted by Crippen LogP contribution is -2.35. The van der Waals surface area contributed by atoms with Crippen molar-refractivity contribution in [2.24, 2.45) is 0 Å². The van der Waals surface area contributed by atoms with Crippen LogP contribution in [0.1, 0.15) is 64.1 Å². The molecule has 0 saturated heterocycles. The fraction of sp³-hybridized carbons (Fsp3) is 0.857. The number of aryl methyl sites for hydroxylation is 2. The van der Waals surface area contributed by atoms with E-state index in [4.69, 9.17) is 5.10 Å². The largest absolute Gasteiger partial charge is 0.312 e. The predicted octanol–water partition coefficient (Wildman–Crippen LogP) is 2.50. The van der Waals surface area contributed by atoms with Crippen LogP contribution in [0.2, 0.25) is 0 Å². The zero-order valence-corrected chi connectivity index (χ0v) is 11.9. The first-order valence-electron chi connectivity index (χ1n) is 7.47. The van der Waals surface area contributed by atoms with Gasteiger partial charge in [-0.15, -0.1) is 0 Å². The number of rotatable bonds is 6. The van der Waals surface area contributed by atoms with Crippen molar-refractivity contribution in [2.45, 2.75) is 71.4 Å². The van der Waals surface area contributed by atoms with Crippen LogP contribution in [-0.2, 0) is 12.8 Å². The molecule has 1 aromatic heterocycles. The van der Waals surface area contributed by atoms with E-state index in [-0.39, 0.29) is 0 Å². The number of aromatic nitrogens is 3. The summed E-state index contributed by atoms with van der Waals surface area (Å²) in [4.78, 5) is 4.63. The molecule has 2 unspecified atom stereocenters. The molecule has 0 aromatic carbocycles. The van der Waals surface area contributed by atoms with Gasteiger partial charge >= 0.3 is 0 Å². The molecule has 1 aliphatic rings. The molecule has 2 rings (SSSR count). The van der Waals surface area contributed by atoms with E-state index in [9.17, 15) is 0 Å². The Morgan fingerprint density at radius 2 is 2.06 bits per heavy atom. The Labute approximate surface area is 110 Å². The Kier molecular flexibility index (Phi) is 4.75. The molecule has 2 atom stereocenters. The molecule has 1 heterocycles. The summed E-state index contributed by atoms with van der Waals surface area (Å²) in [5, 5.41) is 8.38. The summed E-state index contributed by atoms with van der Waals surface area (Å²) in [7, 11) is 0. The van der Waals surface area contributed by atoms with Gasteiger partial charge in [-0.3, -0.25) is 0 Å². The molecule has 4 nitrogen and oxygen atoms in total. The second kappa shape index (κ2) is 6.32. The van der Waals surface area contributed by atoms with Crippen LogP contribution in [0.15, 0.2) is 0 Å². The summed E-state index contributed by atoms with van der Waals surface area (Å²) in [6.45, 7) is 7.63. The third-order valence-corrected chi connectivity index (χ3v) is 3.83. The average molecular weight is 250 g/mol. The maximum Gasteiger partial charge on any atom is 0.150 e. The normalized spacial score (nSPS) is 23.7. The van der Waals surface area contributed by atoms with Gasteiger partial charge in [0.05, 0.1) is 6.04 Å². The Hall–Kier alpha value is -0.900. The third-order valence-electron chi connectivity index (χ3n) is 3.83. The van der Waals surface area contributed by atoms with Crippen LogP contribution < -0.4 is 5.32 Å². The van der Waals surface area contributed by atoms with Gasteiger partial charge in [-0.2, -0.15) is 5.10 Å². The minimum absolute atomic E-state index is 0.513. The van der Waals surface area contributed by atoms with Gasteiger partial charge in [0.1, 0.15) is 5.82 Å². The van der Waals surface area contributed by atoms with Crippen molar-refractivity contribution in [1.82, 2.24) is 20.1 Å². The Balaban J connectivity index is 2.15. The molecule has 18 heavy (non-hydrogen) atoms. The van der Waals surface area contributed by atoms with Gasteiger partial charge in [-0.1, -0.05) is 20.8 Å². The SMILES string of the molecule is CCCNC1CCCC1n1nc(CC)nc1CC. The highest BCUT2D eigenvalue weighted by atomic mass is 15.4. The first-order chi connectivity index (χ1) is 8.80. The Morgan fingerprint density at radius 1 is 1.22 bits per heavy atom. The van der Waals surface area contributed by atoms with Crippen molar-refractivity contribution in [3.8, 4) is 0 Å². The summed E-state index contributed by atoms with van der Waals surface area (Å²) < 4.78 is 2.21. The fourth-order valence-corrected chi connectivity index (χ4v) is 2.86. The molecule has 1 saturated carbocycles. The monoisotopic (exact) mass is 250 g/mol. The van der Waals surface area contributed by atoms with E-state index in [1.807, 2.05) is 0 Å². The van der Waals surface area contributed by atoms with E-state index < -0.39 is 0 Å². The van der Waals surface area contributed by atoms with Gasteiger partial charge < -0.3 is 5.32 Å². The molecule has 4 heteroatoms.